The molecular weight excluding hydrogens is 410 g/mol. The number of carboxylic acid groups (broad SMARTS) is 1. The Hall–Kier alpha value is -4.13. The van der Waals surface area contributed by atoms with Crippen molar-refractivity contribution in [3.8, 4) is 28.4 Å². The normalized spacial score (nSPS) is 10.2. The average molecular weight is 433 g/mol. The van der Waals surface area contributed by atoms with Crippen LogP contribution in [0.5, 0.6) is 17.2 Å². The van der Waals surface area contributed by atoms with Gasteiger partial charge in [-0.2, -0.15) is 0 Å². The summed E-state index contributed by atoms with van der Waals surface area (Å²) < 4.78 is 11.9. The minimum absolute atomic E-state index is 0.0531. The van der Waals surface area contributed by atoms with Crippen LogP contribution in [-0.2, 0) is 14.4 Å². The Bertz CT molecular complexity index is 1080. The number of anilines is 1. The molecule has 0 radical (unpaired) electrons. The molecule has 3 rings (SSSR count). The summed E-state index contributed by atoms with van der Waals surface area (Å²) in [5.41, 5.74) is 2.25. The number of rotatable bonds is 11. The monoisotopic (exact) mass is 433 g/mol. The fourth-order valence-electron chi connectivity index (χ4n) is 3.05. The van der Waals surface area contributed by atoms with Crippen LogP contribution in [0.1, 0.15) is 19.3 Å². The SMILES string of the molecule is O=CC(=O)Nc1ccc(Oc2ccccc2-c2ccccc2)cc1OCCCCC(=O)O. The van der Waals surface area contributed by atoms with E-state index in [4.69, 9.17) is 14.6 Å². The van der Waals surface area contributed by atoms with E-state index in [1.807, 2.05) is 54.6 Å². The molecule has 32 heavy (non-hydrogen) atoms. The molecule has 7 nitrogen and oxygen atoms in total. The lowest BCUT2D eigenvalue weighted by atomic mass is 10.0. The topological polar surface area (TPSA) is 102 Å². The molecule has 0 saturated carbocycles. The van der Waals surface area contributed by atoms with Crippen molar-refractivity contribution in [1.29, 1.82) is 0 Å². The van der Waals surface area contributed by atoms with Crippen LogP contribution in [0.3, 0.4) is 0 Å². The molecule has 2 N–H and O–H groups in total. The van der Waals surface area contributed by atoms with Crippen molar-refractivity contribution in [2.45, 2.75) is 19.3 Å². The molecule has 0 spiro atoms. The van der Waals surface area contributed by atoms with Gasteiger partial charge in [-0.15, -0.1) is 0 Å². The van der Waals surface area contributed by atoms with Crippen LogP contribution < -0.4 is 14.8 Å². The number of carboxylic acids is 1. The van der Waals surface area contributed by atoms with Gasteiger partial charge in [0, 0.05) is 18.1 Å². The van der Waals surface area contributed by atoms with Gasteiger partial charge in [-0.25, -0.2) is 0 Å². The quantitative estimate of drug-likeness (QED) is 0.253. The van der Waals surface area contributed by atoms with Crippen LogP contribution in [0.2, 0.25) is 0 Å². The first-order chi connectivity index (χ1) is 15.6. The van der Waals surface area contributed by atoms with Gasteiger partial charge < -0.3 is 19.9 Å². The molecule has 3 aromatic rings. The Labute approximate surface area is 185 Å². The van der Waals surface area contributed by atoms with Crippen LogP contribution >= 0.6 is 0 Å². The van der Waals surface area contributed by atoms with Crippen LogP contribution in [0.25, 0.3) is 11.1 Å². The summed E-state index contributed by atoms with van der Waals surface area (Å²) >= 11 is 0. The summed E-state index contributed by atoms with van der Waals surface area (Å²) in [7, 11) is 0. The highest BCUT2D eigenvalue weighted by Gasteiger charge is 2.12. The van der Waals surface area contributed by atoms with E-state index in [1.54, 1.807) is 18.2 Å². The molecule has 0 saturated heterocycles. The molecule has 0 bridgehead atoms. The number of carbonyl (C=O) groups excluding carboxylic acids is 2. The van der Waals surface area contributed by atoms with Crippen LogP contribution in [-0.4, -0.2) is 29.9 Å². The lowest BCUT2D eigenvalue weighted by Gasteiger charge is -2.15. The van der Waals surface area contributed by atoms with E-state index in [0.717, 1.165) is 11.1 Å². The number of hydrogen-bond donors (Lipinski definition) is 2. The number of ether oxygens (including phenoxy) is 2. The zero-order chi connectivity index (χ0) is 22.8. The van der Waals surface area contributed by atoms with E-state index >= 15 is 0 Å². The summed E-state index contributed by atoms with van der Waals surface area (Å²) in [6.45, 7) is 0.251. The van der Waals surface area contributed by atoms with E-state index in [0.29, 0.717) is 35.8 Å². The van der Waals surface area contributed by atoms with Crippen LogP contribution in [0, 0.1) is 0 Å². The fraction of sp³-hybridized carbons (Fsp3) is 0.160. The van der Waals surface area contributed by atoms with Crippen molar-refractivity contribution in [3.63, 3.8) is 0 Å². The number of benzene rings is 3. The van der Waals surface area contributed by atoms with Gasteiger partial charge in [-0.05, 0) is 36.6 Å². The van der Waals surface area contributed by atoms with E-state index in [1.165, 1.54) is 0 Å². The smallest absolute Gasteiger partial charge is 0.303 e. The maximum Gasteiger partial charge on any atom is 0.303 e. The highest BCUT2D eigenvalue weighted by Crippen LogP contribution is 2.36. The zero-order valence-corrected chi connectivity index (χ0v) is 17.3. The fourth-order valence-corrected chi connectivity index (χ4v) is 3.05. The van der Waals surface area contributed by atoms with Gasteiger partial charge in [-0.1, -0.05) is 48.5 Å². The van der Waals surface area contributed by atoms with Crippen molar-refractivity contribution >= 4 is 23.9 Å². The van der Waals surface area contributed by atoms with Crippen molar-refractivity contribution in [2.24, 2.45) is 0 Å². The van der Waals surface area contributed by atoms with Crippen molar-refractivity contribution in [2.75, 3.05) is 11.9 Å². The Kier molecular flexibility index (Phi) is 7.97. The largest absolute Gasteiger partial charge is 0.491 e. The minimum atomic E-state index is -0.864. The van der Waals surface area contributed by atoms with Crippen LogP contribution in [0.15, 0.2) is 72.8 Å². The number of amides is 1. The Morgan fingerprint density at radius 3 is 2.41 bits per heavy atom. The Morgan fingerprint density at radius 2 is 1.66 bits per heavy atom. The average Bonchev–Trinajstić information content (AvgIpc) is 2.81. The molecule has 0 aromatic heterocycles. The highest BCUT2D eigenvalue weighted by molar-refractivity contribution is 6.29. The lowest BCUT2D eigenvalue weighted by molar-refractivity contribution is -0.137. The number of aldehydes is 1. The lowest BCUT2D eigenvalue weighted by Crippen LogP contribution is -2.13. The molecule has 164 valence electrons. The van der Waals surface area contributed by atoms with E-state index in [-0.39, 0.29) is 19.3 Å². The molecule has 3 aromatic carbocycles. The summed E-state index contributed by atoms with van der Waals surface area (Å²) in [4.78, 5) is 32.9. The Balaban J connectivity index is 1.81. The number of aliphatic carboxylic acids is 1. The third-order valence-electron chi connectivity index (χ3n) is 4.56. The van der Waals surface area contributed by atoms with E-state index in [9.17, 15) is 14.4 Å². The van der Waals surface area contributed by atoms with Crippen molar-refractivity contribution in [3.05, 3.63) is 72.8 Å². The predicted molar refractivity (Wildman–Crippen MR) is 120 cm³/mol. The molecule has 7 heteroatoms. The maximum atomic E-state index is 11.5. The molecule has 0 aliphatic carbocycles. The van der Waals surface area contributed by atoms with Gasteiger partial charge in [0.2, 0.25) is 6.29 Å². The highest BCUT2D eigenvalue weighted by atomic mass is 16.5. The van der Waals surface area contributed by atoms with Crippen molar-refractivity contribution < 1.29 is 29.0 Å². The summed E-state index contributed by atoms with van der Waals surface area (Å²) in [5, 5.41) is 11.2. The molecule has 0 aliphatic heterocycles. The van der Waals surface area contributed by atoms with Crippen molar-refractivity contribution in [1.82, 2.24) is 0 Å². The van der Waals surface area contributed by atoms with Gasteiger partial charge in [0.25, 0.3) is 5.91 Å². The molecule has 0 unspecified atom stereocenters. The first kappa shape index (κ1) is 22.6. The molecule has 0 atom stereocenters. The van der Waals surface area contributed by atoms with Gasteiger partial charge in [0.1, 0.15) is 17.2 Å². The standard InChI is InChI=1S/C25H23NO6/c27-17-24(28)26-21-14-13-19(16-23(21)31-15-7-6-12-25(29)30)32-22-11-5-4-10-20(22)18-8-2-1-3-9-18/h1-5,8-11,13-14,16-17H,6-7,12,15H2,(H,26,28)(H,29,30). The molecule has 1 amide bonds. The number of nitrogens with one attached hydrogen (secondary N) is 1. The first-order valence-corrected chi connectivity index (χ1v) is 10.1. The summed E-state index contributed by atoms with van der Waals surface area (Å²) in [6, 6.07) is 22.3. The molecule has 0 fully saturated rings. The second kappa shape index (κ2) is 11.3. The molecule has 0 heterocycles. The van der Waals surface area contributed by atoms with Gasteiger partial charge in [0.05, 0.1) is 12.3 Å². The molecule has 0 aliphatic rings. The Morgan fingerprint density at radius 1 is 0.906 bits per heavy atom. The number of hydrogen-bond acceptors (Lipinski definition) is 5. The number of para-hydroxylation sites is 1. The van der Waals surface area contributed by atoms with E-state index in [2.05, 4.69) is 5.32 Å². The first-order valence-electron chi connectivity index (χ1n) is 10.1. The predicted octanol–water partition coefficient (Wildman–Crippen LogP) is 4.92. The van der Waals surface area contributed by atoms with Gasteiger partial charge >= 0.3 is 5.97 Å². The second-order valence-corrected chi connectivity index (χ2v) is 6.93. The maximum absolute atomic E-state index is 11.5. The second-order valence-electron chi connectivity index (χ2n) is 6.93. The minimum Gasteiger partial charge on any atom is -0.491 e. The van der Waals surface area contributed by atoms with E-state index < -0.39 is 11.9 Å². The van der Waals surface area contributed by atoms with Gasteiger partial charge in [-0.3, -0.25) is 14.4 Å². The third kappa shape index (κ3) is 6.43. The van der Waals surface area contributed by atoms with Gasteiger partial charge in [0.15, 0.2) is 0 Å². The number of unbranched alkanes of at least 4 members (excludes halogenated alkanes) is 1. The summed E-state index contributed by atoms with van der Waals surface area (Å²) in [6.07, 6.45) is 1.22. The summed E-state index contributed by atoms with van der Waals surface area (Å²) in [5.74, 6) is -0.209. The zero-order valence-electron chi connectivity index (χ0n) is 17.3. The van der Waals surface area contributed by atoms with Crippen LogP contribution in [0.4, 0.5) is 5.69 Å². The molecular formula is C25H23NO6. The number of carbonyl (C=O) groups is 3. The third-order valence-corrected chi connectivity index (χ3v) is 4.56.